The maximum absolute atomic E-state index is 11.5. The summed E-state index contributed by atoms with van der Waals surface area (Å²) < 4.78 is 0. The number of carbonyl (C=O) groups is 2. The number of hydrogen-bond donors (Lipinski definition) is 4. The van der Waals surface area contributed by atoms with E-state index in [0.29, 0.717) is 26.2 Å². The molecule has 0 bridgehead atoms. The molecule has 0 rings (SSSR count). The molecule has 0 saturated heterocycles. The van der Waals surface area contributed by atoms with E-state index in [1.54, 1.807) is 12.2 Å². The Morgan fingerprint density at radius 2 is 1.00 bits per heavy atom. The van der Waals surface area contributed by atoms with Gasteiger partial charge < -0.3 is 21.3 Å². The molecule has 154 valence electrons. The zero-order valence-electron chi connectivity index (χ0n) is 16.7. The fourth-order valence-electron chi connectivity index (χ4n) is 2.01. The predicted octanol–water partition coefficient (Wildman–Crippen LogP) is 3.74. The van der Waals surface area contributed by atoms with Gasteiger partial charge in [-0.15, -0.1) is 0 Å². The van der Waals surface area contributed by atoms with Crippen molar-refractivity contribution in [1.29, 1.82) is 0 Å². The van der Waals surface area contributed by atoms with Gasteiger partial charge in [0.25, 0.3) is 0 Å². The summed E-state index contributed by atoms with van der Waals surface area (Å²) in [7, 11) is 0. The average Bonchev–Trinajstić information content (AvgIpc) is 2.69. The first-order valence-corrected chi connectivity index (χ1v) is 9.62. The molecule has 0 saturated carbocycles. The van der Waals surface area contributed by atoms with Crippen LogP contribution in [-0.4, -0.2) is 38.2 Å². The van der Waals surface area contributed by atoms with Crippen LogP contribution in [0.3, 0.4) is 0 Å². The molecule has 0 aromatic heterocycles. The second kappa shape index (κ2) is 20.3. The van der Waals surface area contributed by atoms with E-state index >= 15 is 0 Å². The topological polar surface area (TPSA) is 82.3 Å². The molecule has 0 aliphatic rings. The first-order valence-electron chi connectivity index (χ1n) is 9.62. The predicted molar refractivity (Wildman–Crippen MR) is 118 cm³/mol. The second-order valence-corrected chi connectivity index (χ2v) is 5.79. The number of allylic oxidation sites excluding steroid dienone is 8. The van der Waals surface area contributed by atoms with Crippen LogP contribution in [0.4, 0.5) is 9.59 Å². The normalized spacial score (nSPS) is 11.3. The zero-order chi connectivity index (χ0) is 20.7. The molecule has 0 aliphatic heterocycles. The summed E-state index contributed by atoms with van der Waals surface area (Å²) in [5.41, 5.74) is 0. The van der Waals surface area contributed by atoms with Crippen LogP contribution < -0.4 is 21.3 Å². The Morgan fingerprint density at radius 3 is 1.39 bits per heavy atom. The fraction of sp³-hybridized carbons (Fsp3) is 0.364. The van der Waals surface area contributed by atoms with Gasteiger partial charge in [0.05, 0.1) is 0 Å². The molecule has 4 N–H and O–H groups in total. The summed E-state index contributed by atoms with van der Waals surface area (Å²) in [5, 5.41) is 11.1. The summed E-state index contributed by atoms with van der Waals surface area (Å²) >= 11 is 0. The quantitative estimate of drug-likeness (QED) is 0.255. The standard InChI is InChI=1S/C22H34N4O2/c1-3-5-7-9-13-17-23-21(27)25-19-15-11-12-16-20-26-22(28)24-18-14-10-8-6-4-2/h3-10,13-14H,1-2,11-12,15-20H2,(H2,23,25,27)(H2,24,26,28)/b7-5-,8-6-,13-9-,14-10-. The smallest absolute Gasteiger partial charge is 0.315 e. The average molecular weight is 387 g/mol. The van der Waals surface area contributed by atoms with Crippen LogP contribution in [-0.2, 0) is 0 Å². The third-order valence-electron chi connectivity index (χ3n) is 3.42. The van der Waals surface area contributed by atoms with Gasteiger partial charge in [-0.25, -0.2) is 9.59 Å². The van der Waals surface area contributed by atoms with Gasteiger partial charge in [0.2, 0.25) is 0 Å². The number of amides is 4. The summed E-state index contributed by atoms with van der Waals surface area (Å²) in [6.45, 7) is 9.41. The minimum atomic E-state index is -0.162. The Labute approximate surface area is 169 Å². The lowest BCUT2D eigenvalue weighted by molar-refractivity contribution is 0.240. The van der Waals surface area contributed by atoms with Gasteiger partial charge in [-0.3, -0.25) is 0 Å². The Kier molecular flexibility index (Phi) is 18.1. The van der Waals surface area contributed by atoms with Crippen LogP contribution >= 0.6 is 0 Å². The van der Waals surface area contributed by atoms with E-state index in [2.05, 4.69) is 34.4 Å². The minimum absolute atomic E-state index is 0.162. The lowest BCUT2D eigenvalue weighted by atomic mass is 10.2. The van der Waals surface area contributed by atoms with E-state index in [-0.39, 0.29) is 12.1 Å². The van der Waals surface area contributed by atoms with Gasteiger partial charge in [0.1, 0.15) is 0 Å². The van der Waals surface area contributed by atoms with Crippen LogP contribution in [0.5, 0.6) is 0 Å². The molecular weight excluding hydrogens is 352 g/mol. The molecule has 0 aromatic rings. The zero-order valence-corrected chi connectivity index (χ0v) is 16.7. The summed E-state index contributed by atoms with van der Waals surface area (Å²) in [5.74, 6) is 0. The van der Waals surface area contributed by atoms with E-state index in [4.69, 9.17) is 0 Å². The number of carbonyl (C=O) groups excluding carboxylic acids is 2. The Bertz CT molecular complexity index is 513. The van der Waals surface area contributed by atoms with Crippen molar-refractivity contribution in [2.45, 2.75) is 25.7 Å². The van der Waals surface area contributed by atoms with Crippen LogP contribution in [0.1, 0.15) is 25.7 Å². The Morgan fingerprint density at radius 1 is 0.571 bits per heavy atom. The summed E-state index contributed by atoms with van der Waals surface area (Å²) in [4.78, 5) is 23.1. The van der Waals surface area contributed by atoms with Crippen molar-refractivity contribution in [3.05, 3.63) is 73.9 Å². The largest absolute Gasteiger partial charge is 0.338 e. The van der Waals surface area contributed by atoms with E-state index < -0.39 is 0 Å². The summed E-state index contributed by atoms with van der Waals surface area (Å²) in [6, 6.07) is -0.325. The SMILES string of the molecule is C=C/C=C\C=C/CNC(=O)NCCCCCCNC(=O)NC/C=C\C=C/C=C. The van der Waals surface area contributed by atoms with Crippen LogP contribution in [0, 0.1) is 0 Å². The molecule has 6 heteroatoms. The first-order chi connectivity index (χ1) is 13.7. The fourth-order valence-corrected chi connectivity index (χ4v) is 2.01. The van der Waals surface area contributed by atoms with Crippen molar-refractivity contribution in [3.8, 4) is 0 Å². The highest BCUT2D eigenvalue weighted by atomic mass is 16.2. The molecule has 0 unspecified atom stereocenters. The third kappa shape index (κ3) is 19.3. The van der Waals surface area contributed by atoms with Gasteiger partial charge >= 0.3 is 12.1 Å². The molecule has 6 nitrogen and oxygen atoms in total. The third-order valence-corrected chi connectivity index (χ3v) is 3.42. The van der Waals surface area contributed by atoms with Crippen LogP contribution in [0.25, 0.3) is 0 Å². The first kappa shape index (κ1) is 25.0. The number of urea groups is 2. The number of unbranched alkanes of at least 4 members (excludes halogenated alkanes) is 3. The summed E-state index contributed by atoms with van der Waals surface area (Å²) in [6.07, 6.45) is 22.0. The van der Waals surface area contributed by atoms with Crippen molar-refractivity contribution in [2.24, 2.45) is 0 Å². The number of rotatable bonds is 15. The monoisotopic (exact) mass is 386 g/mol. The molecule has 0 heterocycles. The van der Waals surface area contributed by atoms with Gasteiger partial charge in [0, 0.05) is 26.2 Å². The Hall–Kier alpha value is -3.02. The maximum Gasteiger partial charge on any atom is 0.315 e. The second-order valence-electron chi connectivity index (χ2n) is 5.79. The van der Waals surface area contributed by atoms with Crippen molar-refractivity contribution in [2.75, 3.05) is 26.2 Å². The Balaban J connectivity index is 3.44. The van der Waals surface area contributed by atoms with Crippen LogP contribution in [0.2, 0.25) is 0 Å². The van der Waals surface area contributed by atoms with Gasteiger partial charge in [0.15, 0.2) is 0 Å². The van der Waals surface area contributed by atoms with Gasteiger partial charge in [-0.1, -0.05) is 86.8 Å². The highest BCUT2D eigenvalue weighted by molar-refractivity contribution is 5.74. The van der Waals surface area contributed by atoms with Crippen molar-refractivity contribution >= 4 is 12.1 Å². The highest BCUT2D eigenvalue weighted by Crippen LogP contribution is 1.97. The lowest BCUT2D eigenvalue weighted by Crippen LogP contribution is -2.36. The molecule has 0 fully saturated rings. The van der Waals surface area contributed by atoms with Gasteiger partial charge in [-0.2, -0.15) is 0 Å². The van der Waals surface area contributed by atoms with Crippen molar-refractivity contribution < 1.29 is 9.59 Å². The molecule has 0 aromatic carbocycles. The highest BCUT2D eigenvalue weighted by Gasteiger charge is 1.98. The van der Waals surface area contributed by atoms with Crippen molar-refractivity contribution in [3.63, 3.8) is 0 Å². The number of nitrogens with one attached hydrogen (secondary N) is 4. The molecular formula is C22H34N4O2. The van der Waals surface area contributed by atoms with E-state index in [0.717, 1.165) is 25.7 Å². The molecule has 4 amide bonds. The molecule has 0 atom stereocenters. The van der Waals surface area contributed by atoms with Crippen molar-refractivity contribution in [1.82, 2.24) is 21.3 Å². The van der Waals surface area contributed by atoms with E-state index in [1.165, 1.54) is 0 Å². The lowest BCUT2D eigenvalue weighted by Gasteiger charge is -2.07. The molecule has 0 spiro atoms. The van der Waals surface area contributed by atoms with E-state index in [9.17, 15) is 9.59 Å². The van der Waals surface area contributed by atoms with Gasteiger partial charge in [-0.05, 0) is 12.8 Å². The van der Waals surface area contributed by atoms with E-state index in [1.807, 2.05) is 48.6 Å². The molecule has 28 heavy (non-hydrogen) atoms. The molecule has 0 radical (unpaired) electrons. The number of hydrogen-bond acceptors (Lipinski definition) is 2. The minimum Gasteiger partial charge on any atom is -0.338 e. The maximum atomic E-state index is 11.5. The van der Waals surface area contributed by atoms with Crippen LogP contribution in [0.15, 0.2) is 73.9 Å². The molecule has 0 aliphatic carbocycles.